The van der Waals surface area contributed by atoms with Crippen LogP contribution in [0.4, 0.5) is 0 Å². The van der Waals surface area contributed by atoms with E-state index in [1.165, 1.54) is 4.90 Å². The number of hydrogen-bond acceptors (Lipinski definition) is 3. The predicted octanol–water partition coefficient (Wildman–Crippen LogP) is 1.32. The maximum absolute atomic E-state index is 12.1. The number of rotatable bonds is 3. The highest BCUT2D eigenvalue weighted by Gasteiger charge is 2.15. The van der Waals surface area contributed by atoms with Crippen LogP contribution < -0.4 is 0 Å². The molecule has 0 aliphatic carbocycles. The monoisotopic (exact) mass is 228 g/mol. The molecule has 5 heteroatoms. The smallest absolute Gasteiger partial charge is 0.257 e. The molecular weight excluding hydrogens is 216 g/mol. The van der Waals surface area contributed by atoms with Crippen molar-refractivity contribution >= 4 is 11.4 Å². The van der Waals surface area contributed by atoms with Crippen molar-refractivity contribution in [3.05, 3.63) is 36.2 Å². The van der Waals surface area contributed by atoms with Crippen LogP contribution in [0.15, 0.2) is 30.6 Å². The SMILES string of the molecule is CN(CCC#N)C(=O)c1cnn2ccccc12. The van der Waals surface area contributed by atoms with Crippen LogP contribution in [0.5, 0.6) is 0 Å². The lowest BCUT2D eigenvalue weighted by molar-refractivity contribution is 0.0800. The van der Waals surface area contributed by atoms with Gasteiger partial charge in [-0.3, -0.25) is 4.79 Å². The lowest BCUT2D eigenvalue weighted by atomic mass is 10.2. The van der Waals surface area contributed by atoms with Crippen LogP contribution in [0.3, 0.4) is 0 Å². The largest absolute Gasteiger partial charge is 0.341 e. The van der Waals surface area contributed by atoms with Gasteiger partial charge < -0.3 is 4.90 Å². The standard InChI is InChI=1S/C12H12N4O/c1-15(7-4-6-13)12(17)10-9-14-16-8-3-2-5-11(10)16/h2-3,5,8-9H,4,7H2,1H3. The first-order chi connectivity index (χ1) is 8.24. The van der Waals surface area contributed by atoms with E-state index in [1.807, 2.05) is 24.3 Å². The van der Waals surface area contributed by atoms with Crippen LogP contribution >= 0.6 is 0 Å². The van der Waals surface area contributed by atoms with Crippen LogP contribution in [0.1, 0.15) is 16.8 Å². The fourth-order valence-electron chi connectivity index (χ4n) is 1.62. The Morgan fingerprint density at radius 1 is 1.59 bits per heavy atom. The zero-order valence-electron chi connectivity index (χ0n) is 9.50. The maximum Gasteiger partial charge on any atom is 0.257 e. The average molecular weight is 228 g/mol. The molecule has 0 atom stereocenters. The average Bonchev–Trinajstić information content (AvgIpc) is 2.78. The number of aromatic nitrogens is 2. The highest BCUT2D eigenvalue weighted by atomic mass is 16.2. The second-order valence-corrected chi connectivity index (χ2v) is 3.72. The van der Waals surface area contributed by atoms with Gasteiger partial charge in [0.15, 0.2) is 0 Å². The van der Waals surface area contributed by atoms with E-state index < -0.39 is 0 Å². The van der Waals surface area contributed by atoms with Crippen molar-refractivity contribution in [2.45, 2.75) is 6.42 Å². The second kappa shape index (κ2) is 4.66. The van der Waals surface area contributed by atoms with Crippen LogP contribution in [0.25, 0.3) is 5.52 Å². The number of amides is 1. The number of nitrogens with zero attached hydrogens (tertiary/aromatic N) is 4. The van der Waals surface area contributed by atoms with E-state index in [0.717, 1.165) is 5.52 Å². The van der Waals surface area contributed by atoms with E-state index in [1.54, 1.807) is 24.0 Å². The zero-order chi connectivity index (χ0) is 12.3. The second-order valence-electron chi connectivity index (χ2n) is 3.72. The Balaban J connectivity index is 2.28. The van der Waals surface area contributed by atoms with Gasteiger partial charge in [-0.05, 0) is 12.1 Å². The van der Waals surface area contributed by atoms with Gasteiger partial charge in [-0.15, -0.1) is 0 Å². The summed E-state index contributed by atoms with van der Waals surface area (Å²) in [6.45, 7) is 0.430. The molecule has 5 nitrogen and oxygen atoms in total. The van der Waals surface area contributed by atoms with Crippen molar-refractivity contribution in [2.75, 3.05) is 13.6 Å². The Kier molecular flexibility index (Phi) is 3.06. The first-order valence-corrected chi connectivity index (χ1v) is 5.29. The number of carbonyl (C=O) groups is 1. The van der Waals surface area contributed by atoms with Gasteiger partial charge in [0.25, 0.3) is 5.91 Å². The summed E-state index contributed by atoms with van der Waals surface area (Å²) in [7, 11) is 1.69. The first-order valence-electron chi connectivity index (χ1n) is 5.29. The van der Waals surface area contributed by atoms with Crippen molar-refractivity contribution in [2.24, 2.45) is 0 Å². The van der Waals surface area contributed by atoms with Crippen molar-refractivity contribution in [1.29, 1.82) is 5.26 Å². The summed E-state index contributed by atoms with van der Waals surface area (Å²) in [5.41, 5.74) is 1.34. The zero-order valence-corrected chi connectivity index (χ0v) is 9.50. The molecule has 0 aliphatic rings. The summed E-state index contributed by atoms with van der Waals surface area (Å²) in [4.78, 5) is 13.6. The summed E-state index contributed by atoms with van der Waals surface area (Å²) in [5, 5.41) is 12.6. The van der Waals surface area contributed by atoms with Gasteiger partial charge in [0.2, 0.25) is 0 Å². The molecule has 0 radical (unpaired) electrons. The minimum atomic E-state index is -0.110. The van der Waals surface area contributed by atoms with Gasteiger partial charge in [-0.25, -0.2) is 4.52 Å². The van der Waals surface area contributed by atoms with Gasteiger partial charge in [-0.2, -0.15) is 10.4 Å². The van der Waals surface area contributed by atoms with E-state index in [2.05, 4.69) is 5.10 Å². The number of hydrogen-bond donors (Lipinski definition) is 0. The molecule has 0 N–H and O–H groups in total. The molecule has 0 unspecified atom stereocenters. The van der Waals surface area contributed by atoms with Gasteiger partial charge >= 0.3 is 0 Å². The highest BCUT2D eigenvalue weighted by molar-refractivity contribution is 6.00. The van der Waals surface area contributed by atoms with Gasteiger partial charge in [-0.1, -0.05) is 6.07 Å². The fraction of sp³-hybridized carbons (Fsp3) is 0.250. The third-order valence-corrected chi connectivity index (χ3v) is 2.56. The van der Waals surface area contributed by atoms with Crippen molar-refractivity contribution < 1.29 is 4.79 Å². The lowest BCUT2D eigenvalue weighted by Gasteiger charge is -2.14. The molecule has 0 aromatic carbocycles. The van der Waals surface area contributed by atoms with Crippen LogP contribution in [0, 0.1) is 11.3 Å². The predicted molar refractivity (Wildman–Crippen MR) is 62.4 cm³/mol. The molecule has 17 heavy (non-hydrogen) atoms. The molecule has 2 aromatic rings. The van der Waals surface area contributed by atoms with Crippen molar-refractivity contribution in [3.8, 4) is 6.07 Å². The van der Waals surface area contributed by atoms with Crippen LogP contribution in [-0.4, -0.2) is 34.0 Å². The van der Waals surface area contributed by atoms with Crippen LogP contribution in [0.2, 0.25) is 0 Å². The summed E-state index contributed by atoms with van der Waals surface area (Å²) >= 11 is 0. The first kappa shape index (κ1) is 11.1. The Morgan fingerprint density at radius 3 is 3.18 bits per heavy atom. The number of carbonyl (C=O) groups excluding carboxylic acids is 1. The molecule has 0 aliphatic heterocycles. The minimum Gasteiger partial charge on any atom is -0.341 e. The van der Waals surface area contributed by atoms with Gasteiger partial charge in [0, 0.05) is 19.8 Å². The molecule has 86 valence electrons. The molecule has 2 rings (SSSR count). The molecule has 0 saturated carbocycles. The number of nitriles is 1. The Labute approximate surface area is 98.9 Å². The summed E-state index contributed by atoms with van der Waals surface area (Å²) in [5.74, 6) is -0.110. The highest BCUT2D eigenvalue weighted by Crippen LogP contribution is 2.12. The van der Waals surface area contributed by atoms with Gasteiger partial charge in [0.05, 0.1) is 29.8 Å². The molecule has 0 spiro atoms. The number of fused-ring (bicyclic) bond motifs is 1. The van der Waals surface area contributed by atoms with E-state index in [9.17, 15) is 4.79 Å². The quantitative estimate of drug-likeness (QED) is 0.796. The summed E-state index contributed by atoms with van der Waals surface area (Å²) in [6.07, 6.45) is 3.68. The normalized spacial score (nSPS) is 10.1. The molecule has 1 amide bonds. The Morgan fingerprint density at radius 2 is 2.41 bits per heavy atom. The van der Waals surface area contributed by atoms with Crippen molar-refractivity contribution in [3.63, 3.8) is 0 Å². The Bertz CT molecular complexity index is 581. The molecule has 0 bridgehead atoms. The molecule has 2 heterocycles. The van der Waals surface area contributed by atoms with Gasteiger partial charge in [0.1, 0.15) is 0 Å². The van der Waals surface area contributed by atoms with E-state index >= 15 is 0 Å². The third kappa shape index (κ3) is 2.11. The summed E-state index contributed by atoms with van der Waals surface area (Å²) < 4.78 is 1.66. The van der Waals surface area contributed by atoms with Crippen molar-refractivity contribution in [1.82, 2.24) is 14.5 Å². The summed E-state index contributed by atoms with van der Waals surface area (Å²) in [6, 6.07) is 7.59. The third-order valence-electron chi connectivity index (χ3n) is 2.56. The Hall–Kier alpha value is -2.35. The number of pyridine rings is 1. The molecule has 0 saturated heterocycles. The lowest BCUT2D eigenvalue weighted by Crippen LogP contribution is -2.27. The van der Waals surface area contributed by atoms with E-state index in [-0.39, 0.29) is 5.91 Å². The molecule has 2 aromatic heterocycles. The minimum absolute atomic E-state index is 0.110. The topological polar surface area (TPSA) is 61.4 Å². The fourth-order valence-corrected chi connectivity index (χ4v) is 1.62. The molecular formula is C12H12N4O. The van der Waals surface area contributed by atoms with Crippen LogP contribution in [-0.2, 0) is 0 Å². The van der Waals surface area contributed by atoms with E-state index in [4.69, 9.17) is 5.26 Å². The van der Waals surface area contributed by atoms with E-state index in [0.29, 0.717) is 18.5 Å². The molecule has 0 fully saturated rings. The maximum atomic E-state index is 12.1.